The van der Waals surface area contributed by atoms with E-state index in [1.54, 1.807) is 11.8 Å². The van der Waals surface area contributed by atoms with Crippen LogP contribution in [0.15, 0.2) is 40.9 Å². The molecule has 0 aliphatic rings. The normalized spacial score (nSPS) is 10.5. The zero-order chi connectivity index (χ0) is 12.3. The van der Waals surface area contributed by atoms with Gasteiger partial charge in [0.15, 0.2) is 6.29 Å². The van der Waals surface area contributed by atoms with Crippen molar-refractivity contribution in [2.24, 2.45) is 0 Å². The Bertz CT molecular complexity index is 565. The minimum absolute atomic E-state index is 0.771. The summed E-state index contributed by atoms with van der Waals surface area (Å²) in [6.45, 7) is 4.15. The molecule has 1 N–H and O–H groups in total. The van der Waals surface area contributed by atoms with E-state index in [0.717, 1.165) is 33.5 Å². The molecule has 88 valence electrons. The minimum atomic E-state index is 0.771. The van der Waals surface area contributed by atoms with E-state index in [0.29, 0.717) is 0 Å². The predicted molar refractivity (Wildman–Crippen MR) is 73.8 cm³/mol. The number of fused-ring (bicyclic) bond motifs is 1. The molecule has 0 amide bonds. The maximum absolute atomic E-state index is 11.2. The van der Waals surface area contributed by atoms with E-state index in [9.17, 15) is 4.79 Å². The highest BCUT2D eigenvalue weighted by molar-refractivity contribution is 7.99. The molecule has 2 rings (SSSR count). The summed E-state index contributed by atoms with van der Waals surface area (Å²) in [5.41, 5.74) is 3.09. The molecule has 0 radical (unpaired) electrons. The van der Waals surface area contributed by atoms with E-state index in [1.807, 2.05) is 24.3 Å². The molecule has 2 nitrogen and oxygen atoms in total. The molecule has 0 atom stereocenters. The number of benzene rings is 1. The van der Waals surface area contributed by atoms with Crippen molar-refractivity contribution in [2.75, 3.05) is 5.75 Å². The van der Waals surface area contributed by atoms with Crippen LogP contribution in [-0.2, 0) is 0 Å². The van der Waals surface area contributed by atoms with Crippen LogP contribution >= 0.6 is 11.8 Å². The van der Waals surface area contributed by atoms with Crippen LogP contribution in [0.4, 0.5) is 0 Å². The average Bonchev–Trinajstić information content (AvgIpc) is 2.66. The van der Waals surface area contributed by atoms with Crippen molar-refractivity contribution < 1.29 is 4.79 Å². The Kier molecular flexibility index (Phi) is 3.69. The Hall–Kier alpha value is -1.48. The number of H-pyrrole nitrogens is 1. The number of hydrogen-bond donors (Lipinski definition) is 1. The van der Waals surface area contributed by atoms with Crippen molar-refractivity contribution in [1.29, 1.82) is 0 Å². The number of aromatic nitrogens is 1. The fourth-order valence-corrected chi connectivity index (χ4v) is 2.74. The smallest absolute Gasteiger partial charge is 0.153 e. The van der Waals surface area contributed by atoms with Gasteiger partial charge in [-0.15, -0.1) is 11.8 Å². The molecule has 0 aliphatic carbocycles. The van der Waals surface area contributed by atoms with Crippen molar-refractivity contribution in [2.45, 2.75) is 18.9 Å². The van der Waals surface area contributed by atoms with Gasteiger partial charge in [-0.1, -0.05) is 29.8 Å². The number of carbonyl (C=O) groups excluding carboxylic acids is 1. The summed E-state index contributed by atoms with van der Waals surface area (Å²) in [5.74, 6) is 0.885. The third-order valence-electron chi connectivity index (χ3n) is 2.55. The monoisotopic (exact) mass is 245 g/mol. The summed E-state index contributed by atoms with van der Waals surface area (Å²) in [5, 5.41) is 1.96. The highest BCUT2D eigenvalue weighted by Crippen LogP contribution is 2.28. The second-order valence-corrected chi connectivity index (χ2v) is 5.15. The topological polar surface area (TPSA) is 32.9 Å². The van der Waals surface area contributed by atoms with Gasteiger partial charge < -0.3 is 4.98 Å². The fourth-order valence-electron chi connectivity index (χ4n) is 1.66. The van der Waals surface area contributed by atoms with Crippen molar-refractivity contribution >= 4 is 29.0 Å². The summed E-state index contributed by atoms with van der Waals surface area (Å²) < 4.78 is 0. The van der Waals surface area contributed by atoms with Gasteiger partial charge in [-0.3, -0.25) is 4.79 Å². The number of rotatable bonds is 4. The van der Waals surface area contributed by atoms with Gasteiger partial charge in [0.25, 0.3) is 0 Å². The lowest BCUT2D eigenvalue weighted by molar-refractivity contribution is 0.112. The van der Waals surface area contributed by atoms with Gasteiger partial charge >= 0.3 is 0 Å². The number of thioether (sulfide) groups is 1. The highest BCUT2D eigenvalue weighted by Gasteiger charge is 2.09. The predicted octanol–water partition coefficient (Wildman–Crippen LogP) is 4.04. The van der Waals surface area contributed by atoms with Gasteiger partial charge in [-0.2, -0.15) is 0 Å². The molecule has 1 heterocycles. The van der Waals surface area contributed by atoms with Gasteiger partial charge in [0.05, 0.1) is 10.6 Å². The van der Waals surface area contributed by atoms with E-state index in [4.69, 9.17) is 0 Å². The number of para-hydroxylation sites is 1. The van der Waals surface area contributed by atoms with Crippen LogP contribution < -0.4 is 0 Å². The summed E-state index contributed by atoms with van der Waals surface area (Å²) in [6.07, 6.45) is 3.09. The first-order chi connectivity index (χ1) is 8.22. The van der Waals surface area contributed by atoms with Gasteiger partial charge in [0, 0.05) is 16.7 Å². The molecule has 3 heteroatoms. The van der Waals surface area contributed by atoms with E-state index >= 15 is 0 Å². The van der Waals surface area contributed by atoms with Gasteiger partial charge in [-0.25, -0.2) is 0 Å². The van der Waals surface area contributed by atoms with Crippen LogP contribution in [-0.4, -0.2) is 17.0 Å². The summed E-state index contributed by atoms with van der Waals surface area (Å²) in [6, 6.07) is 7.89. The zero-order valence-electron chi connectivity index (χ0n) is 9.99. The first kappa shape index (κ1) is 12.0. The number of aldehydes is 1. The molecular weight excluding hydrogens is 230 g/mol. The lowest BCUT2D eigenvalue weighted by Gasteiger charge is -1.96. The number of carbonyl (C=O) groups is 1. The third-order valence-corrected chi connectivity index (χ3v) is 3.49. The standard InChI is InChI=1S/C14H15NOS/c1-10(2)7-8-17-14-12(9-16)11-5-3-4-6-13(11)15-14/h3-7,9,15H,8H2,1-2H3. The van der Waals surface area contributed by atoms with E-state index < -0.39 is 0 Å². The molecule has 0 fully saturated rings. The highest BCUT2D eigenvalue weighted by atomic mass is 32.2. The molecule has 2 aromatic rings. The van der Waals surface area contributed by atoms with Gasteiger partial charge in [0.2, 0.25) is 0 Å². The Morgan fingerprint density at radius 3 is 2.82 bits per heavy atom. The molecule has 17 heavy (non-hydrogen) atoms. The Morgan fingerprint density at radius 2 is 2.12 bits per heavy atom. The molecule has 1 aromatic heterocycles. The van der Waals surface area contributed by atoms with Crippen LogP contribution in [0.3, 0.4) is 0 Å². The molecule has 1 aromatic carbocycles. The van der Waals surface area contributed by atoms with Crippen molar-refractivity contribution in [3.63, 3.8) is 0 Å². The van der Waals surface area contributed by atoms with Crippen molar-refractivity contribution in [3.8, 4) is 0 Å². The molecule has 0 saturated carbocycles. The average molecular weight is 245 g/mol. The van der Waals surface area contributed by atoms with Crippen LogP contribution in [0.1, 0.15) is 24.2 Å². The van der Waals surface area contributed by atoms with Crippen LogP contribution in [0, 0.1) is 0 Å². The molecule has 0 spiro atoms. The van der Waals surface area contributed by atoms with E-state index in [2.05, 4.69) is 24.9 Å². The largest absolute Gasteiger partial charge is 0.349 e. The summed E-state index contributed by atoms with van der Waals surface area (Å²) in [7, 11) is 0. The maximum Gasteiger partial charge on any atom is 0.153 e. The van der Waals surface area contributed by atoms with Crippen LogP contribution in [0.2, 0.25) is 0 Å². The SMILES string of the molecule is CC(C)=CCSc1[nH]c2ccccc2c1C=O. The molecule has 0 saturated heterocycles. The van der Waals surface area contributed by atoms with Gasteiger partial charge in [-0.05, 0) is 19.9 Å². The molecule has 0 bridgehead atoms. The maximum atomic E-state index is 11.2. The third kappa shape index (κ3) is 2.61. The second-order valence-electron chi connectivity index (χ2n) is 4.12. The molecule has 0 unspecified atom stereocenters. The summed E-state index contributed by atoms with van der Waals surface area (Å²) in [4.78, 5) is 14.4. The van der Waals surface area contributed by atoms with Crippen LogP contribution in [0.25, 0.3) is 10.9 Å². The van der Waals surface area contributed by atoms with Gasteiger partial charge in [0.1, 0.15) is 0 Å². The first-order valence-electron chi connectivity index (χ1n) is 5.54. The fraction of sp³-hybridized carbons (Fsp3) is 0.214. The number of nitrogens with one attached hydrogen (secondary N) is 1. The Balaban J connectivity index is 2.33. The Morgan fingerprint density at radius 1 is 1.35 bits per heavy atom. The lowest BCUT2D eigenvalue weighted by Crippen LogP contribution is -1.82. The van der Waals surface area contributed by atoms with E-state index in [1.165, 1.54) is 5.57 Å². The molecule has 0 aliphatic heterocycles. The number of allylic oxidation sites excluding steroid dienone is 1. The van der Waals surface area contributed by atoms with Crippen LogP contribution in [0.5, 0.6) is 0 Å². The number of hydrogen-bond acceptors (Lipinski definition) is 2. The second kappa shape index (κ2) is 5.23. The summed E-state index contributed by atoms with van der Waals surface area (Å²) >= 11 is 1.66. The quantitative estimate of drug-likeness (QED) is 0.501. The minimum Gasteiger partial charge on any atom is -0.349 e. The van der Waals surface area contributed by atoms with Crippen molar-refractivity contribution in [3.05, 3.63) is 41.5 Å². The lowest BCUT2D eigenvalue weighted by atomic mass is 10.2. The number of aromatic amines is 1. The first-order valence-corrected chi connectivity index (χ1v) is 6.53. The van der Waals surface area contributed by atoms with Crippen molar-refractivity contribution in [1.82, 2.24) is 4.98 Å². The molecular formula is C14H15NOS. The zero-order valence-corrected chi connectivity index (χ0v) is 10.8. The Labute approximate surface area is 105 Å². The van der Waals surface area contributed by atoms with E-state index in [-0.39, 0.29) is 0 Å².